The van der Waals surface area contributed by atoms with Gasteiger partial charge in [0.25, 0.3) is 0 Å². The third-order valence-electron chi connectivity index (χ3n) is 3.29. The number of benzene rings is 2. The van der Waals surface area contributed by atoms with Gasteiger partial charge in [-0.1, -0.05) is 40.2 Å². The van der Waals surface area contributed by atoms with Crippen LogP contribution in [0.2, 0.25) is 0 Å². The second-order valence-corrected chi connectivity index (χ2v) is 6.13. The molecule has 2 amide bonds. The summed E-state index contributed by atoms with van der Waals surface area (Å²) in [4.78, 5) is 10.7. The Balaban J connectivity index is 1.94. The molecule has 0 fully saturated rings. The van der Waals surface area contributed by atoms with E-state index in [1.807, 2.05) is 42.5 Å². The Labute approximate surface area is 160 Å². The van der Waals surface area contributed by atoms with E-state index in [1.54, 1.807) is 6.07 Å². The van der Waals surface area contributed by atoms with Crippen LogP contribution in [0.1, 0.15) is 11.1 Å². The molecule has 2 rings (SSSR count). The van der Waals surface area contributed by atoms with Crippen molar-refractivity contribution >= 4 is 28.2 Å². The van der Waals surface area contributed by atoms with E-state index in [4.69, 9.17) is 15.2 Å². The Kier molecular flexibility index (Phi) is 7.70. The summed E-state index contributed by atoms with van der Waals surface area (Å²) in [6, 6.07) is 12.6. The monoisotopic (exact) mass is 417 g/mol. The summed E-state index contributed by atoms with van der Waals surface area (Å²) in [6.45, 7) is 4.50. The number of hydrazone groups is 1. The molecule has 0 unspecified atom stereocenters. The van der Waals surface area contributed by atoms with Crippen LogP contribution in [0.3, 0.4) is 0 Å². The fraction of sp³-hybridized carbons (Fsp3) is 0.158. The van der Waals surface area contributed by atoms with Gasteiger partial charge in [-0.05, 0) is 36.2 Å². The predicted octanol–water partition coefficient (Wildman–Crippen LogP) is 3.64. The molecule has 0 aromatic heterocycles. The highest BCUT2D eigenvalue weighted by molar-refractivity contribution is 9.10. The lowest BCUT2D eigenvalue weighted by molar-refractivity contribution is 0.216. The Morgan fingerprint density at radius 3 is 2.65 bits per heavy atom. The van der Waals surface area contributed by atoms with Crippen molar-refractivity contribution in [3.63, 3.8) is 0 Å². The SMILES string of the molecule is C=CCc1ccccc1OCCOc1ccc(Br)cc1C=NNC(N)=O. The molecule has 0 heterocycles. The Morgan fingerprint density at radius 2 is 1.92 bits per heavy atom. The lowest BCUT2D eigenvalue weighted by atomic mass is 10.1. The number of para-hydroxylation sites is 1. The van der Waals surface area contributed by atoms with Gasteiger partial charge in [0.1, 0.15) is 24.7 Å². The Hall–Kier alpha value is -2.80. The maximum atomic E-state index is 10.7. The molecule has 0 radical (unpaired) electrons. The molecule has 0 aliphatic carbocycles. The van der Waals surface area contributed by atoms with Crippen molar-refractivity contribution in [1.29, 1.82) is 0 Å². The highest BCUT2D eigenvalue weighted by Gasteiger charge is 2.05. The summed E-state index contributed by atoms with van der Waals surface area (Å²) < 4.78 is 12.4. The summed E-state index contributed by atoms with van der Waals surface area (Å²) in [5.41, 5.74) is 8.91. The number of nitrogens with zero attached hydrogens (tertiary/aromatic N) is 1. The maximum absolute atomic E-state index is 10.7. The van der Waals surface area contributed by atoms with Crippen molar-refractivity contribution in [2.75, 3.05) is 13.2 Å². The molecule has 0 atom stereocenters. The number of primary amides is 1. The van der Waals surface area contributed by atoms with Crippen LogP contribution in [-0.4, -0.2) is 25.5 Å². The second kappa shape index (κ2) is 10.2. The van der Waals surface area contributed by atoms with E-state index < -0.39 is 6.03 Å². The quantitative estimate of drug-likeness (QED) is 0.282. The largest absolute Gasteiger partial charge is 0.490 e. The van der Waals surface area contributed by atoms with Crippen molar-refractivity contribution in [3.8, 4) is 11.5 Å². The van der Waals surface area contributed by atoms with Gasteiger partial charge in [-0.3, -0.25) is 0 Å². The van der Waals surface area contributed by atoms with Gasteiger partial charge in [0, 0.05) is 10.0 Å². The molecule has 0 saturated heterocycles. The van der Waals surface area contributed by atoms with Crippen molar-refractivity contribution in [1.82, 2.24) is 5.43 Å². The zero-order chi connectivity index (χ0) is 18.8. The molecule has 26 heavy (non-hydrogen) atoms. The summed E-state index contributed by atoms with van der Waals surface area (Å²) in [7, 11) is 0. The lowest BCUT2D eigenvalue weighted by Crippen LogP contribution is -2.24. The standard InChI is InChI=1S/C19H20BrN3O3/c1-2-5-14-6-3-4-7-17(14)25-10-11-26-18-9-8-16(20)12-15(18)13-22-23-19(21)24/h2-4,6-9,12-13H,1,5,10-11H2,(H3,21,23,24). The molecule has 3 N–H and O–H groups in total. The molecule has 136 valence electrons. The summed E-state index contributed by atoms with van der Waals surface area (Å²) in [5, 5.41) is 3.76. The van der Waals surface area contributed by atoms with E-state index in [-0.39, 0.29) is 0 Å². The molecule has 0 spiro atoms. The normalized spacial score (nSPS) is 10.5. The first kappa shape index (κ1) is 19.5. The first-order valence-corrected chi connectivity index (χ1v) is 8.72. The van der Waals surface area contributed by atoms with E-state index in [2.05, 4.69) is 33.0 Å². The maximum Gasteiger partial charge on any atom is 0.332 e. The molecule has 7 heteroatoms. The summed E-state index contributed by atoms with van der Waals surface area (Å²) in [5.74, 6) is 1.44. The van der Waals surface area contributed by atoms with Crippen molar-refractivity contribution in [3.05, 3.63) is 70.7 Å². The highest BCUT2D eigenvalue weighted by atomic mass is 79.9. The molecular weight excluding hydrogens is 398 g/mol. The molecule has 2 aromatic rings. The molecule has 0 aliphatic heterocycles. The zero-order valence-electron chi connectivity index (χ0n) is 14.2. The molecule has 2 aromatic carbocycles. The van der Waals surface area contributed by atoms with E-state index in [0.717, 1.165) is 22.2 Å². The van der Waals surface area contributed by atoms with E-state index in [9.17, 15) is 4.79 Å². The number of nitrogens with one attached hydrogen (secondary N) is 1. The van der Waals surface area contributed by atoms with Gasteiger partial charge >= 0.3 is 6.03 Å². The number of hydrogen-bond acceptors (Lipinski definition) is 4. The third-order valence-corrected chi connectivity index (χ3v) is 3.78. The first-order chi connectivity index (χ1) is 12.6. The van der Waals surface area contributed by atoms with Crippen LogP contribution in [0.5, 0.6) is 11.5 Å². The van der Waals surface area contributed by atoms with Crippen LogP contribution in [0, 0.1) is 0 Å². The van der Waals surface area contributed by atoms with Crippen LogP contribution >= 0.6 is 15.9 Å². The number of hydrogen-bond donors (Lipinski definition) is 2. The van der Waals surface area contributed by atoms with Gasteiger partial charge < -0.3 is 15.2 Å². The van der Waals surface area contributed by atoms with Crippen LogP contribution in [0.4, 0.5) is 4.79 Å². The third kappa shape index (κ3) is 6.25. The van der Waals surface area contributed by atoms with Crippen molar-refractivity contribution < 1.29 is 14.3 Å². The van der Waals surface area contributed by atoms with Gasteiger partial charge in [-0.25, -0.2) is 10.2 Å². The fourth-order valence-electron chi connectivity index (χ4n) is 2.19. The number of carbonyl (C=O) groups is 1. The smallest absolute Gasteiger partial charge is 0.332 e. The van der Waals surface area contributed by atoms with Gasteiger partial charge in [-0.15, -0.1) is 6.58 Å². The minimum absolute atomic E-state index is 0.355. The molecule has 0 bridgehead atoms. The van der Waals surface area contributed by atoms with Crippen molar-refractivity contribution in [2.24, 2.45) is 10.8 Å². The van der Waals surface area contributed by atoms with Gasteiger partial charge in [0.15, 0.2) is 0 Å². The molecule has 6 nitrogen and oxygen atoms in total. The van der Waals surface area contributed by atoms with Crippen LogP contribution < -0.4 is 20.6 Å². The highest BCUT2D eigenvalue weighted by Crippen LogP contribution is 2.22. The minimum Gasteiger partial charge on any atom is -0.490 e. The van der Waals surface area contributed by atoms with Crippen LogP contribution in [0.25, 0.3) is 0 Å². The topological polar surface area (TPSA) is 85.9 Å². The van der Waals surface area contributed by atoms with E-state index in [1.165, 1.54) is 6.21 Å². The number of rotatable bonds is 9. The number of halogens is 1. The Bertz CT molecular complexity index is 793. The second-order valence-electron chi connectivity index (χ2n) is 5.21. The van der Waals surface area contributed by atoms with Gasteiger partial charge in [0.2, 0.25) is 0 Å². The Morgan fingerprint density at radius 1 is 1.19 bits per heavy atom. The number of amides is 2. The number of carbonyl (C=O) groups excluding carboxylic acids is 1. The molecule has 0 saturated carbocycles. The van der Waals surface area contributed by atoms with Crippen LogP contribution in [-0.2, 0) is 6.42 Å². The molecule has 0 aliphatic rings. The van der Waals surface area contributed by atoms with E-state index in [0.29, 0.717) is 24.5 Å². The lowest BCUT2D eigenvalue weighted by Gasteiger charge is -2.12. The van der Waals surface area contributed by atoms with Gasteiger partial charge in [-0.2, -0.15) is 5.10 Å². The summed E-state index contributed by atoms with van der Waals surface area (Å²) >= 11 is 3.39. The van der Waals surface area contributed by atoms with Crippen molar-refractivity contribution in [2.45, 2.75) is 6.42 Å². The molecular formula is C19H20BrN3O3. The number of allylic oxidation sites excluding steroid dienone is 1. The number of nitrogens with two attached hydrogens (primary N) is 1. The summed E-state index contributed by atoms with van der Waals surface area (Å²) in [6.07, 6.45) is 4.05. The van der Waals surface area contributed by atoms with Crippen LogP contribution in [0.15, 0.2) is 64.7 Å². The zero-order valence-corrected chi connectivity index (χ0v) is 15.7. The van der Waals surface area contributed by atoms with Gasteiger partial charge in [0.05, 0.1) is 6.21 Å². The average molecular weight is 418 g/mol. The predicted molar refractivity (Wildman–Crippen MR) is 106 cm³/mol. The first-order valence-electron chi connectivity index (χ1n) is 7.92. The average Bonchev–Trinajstić information content (AvgIpc) is 2.61. The van der Waals surface area contributed by atoms with E-state index >= 15 is 0 Å². The number of urea groups is 1. The number of ether oxygens (including phenoxy) is 2. The fourth-order valence-corrected chi connectivity index (χ4v) is 2.57. The minimum atomic E-state index is -0.731.